The first-order chi connectivity index (χ1) is 16.5. The summed E-state index contributed by atoms with van der Waals surface area (Å²) in [5.41, 5.74) is 3.47. The molecule has 2 aliphatic rings. The molecule has 1 atom stereocenters. The maximum atomic E-state index is 13.6. The highest BCUT2D eigenvalue weighted by atomic mass is 32.2. The maximum Gasteiger partial charge on any atom is 0.278 e. The fourth-order valence-electron chi connectivity index (χ4n) is 4.62. The van der Waals surface area contributed by atoms with Gasteiger partial charge in [0, 0.05) is 36.1 Å². The molecule has 0 radical (unpaired) electrons. The monoisotopic (exact) mass is 477 g/mol. The number of thioether (sulfide) groups is 1. The largest absolute Gasteiger partial charge is 0.461 e. The van der Waals surface area contributed by atoms with Gasteiger partial charge in [-0.1, -0.05) is 42.5 Å². The Morgan fingerprint density at radius 2 is 1.76 bits per heavy atom. The van der Waals surface area contributed by atoms with Crippen LogP contribution < -0.4 is 15.2 Å². The number of carbonyl (C=O) groups is 1. The van der Waals surface area contributed by atoms with Crippen LogP contribution in [0, 0.1) is 0 Å². The van der Waals surface area contributed by atoms with Gasteiger partial charge in [-0.3, -0.25) is 19.3 Å². The zero-order chi connectivity index (χ0) is 23.8. The highest BCUT2D eigenvalue weighted by Gasteiger charge is 2.39. The number of carbonyl (C=O) groups excluding carboxylic acids is 1. The smallest absolute Gasteiger partial charge is 0.278 e. The fourth-order valence-corrected chi connectivity index (χ4v) is 5.71. The van der Waals surface area contributed by atoms with Gasteiger partial charge in [0.1, 0.15) is 6.67 Å². The van der Waals surface area contributed by atoms with Gasteiger partial charge in [0.15, 0.2) is 12.5 Å². The zero-order valence-electron chi connectivity index (χ0n) is 19.4. The lowest BCUT2D eigenvalue weighted by Gasteiger charge is -2.45. The summed E-state index contributed by atoms with van der Waals surface area (Å²) < 4.78 is 12.5. The molecule has 7 nitrogen and oxygen atoms in total. The maximum absolute atomic E-state index is 13.6. The number of hydrogen-bond donors (Lipinski definition) is 0. The summed E-state index contributed by atoms with van der Waals surface area (Å²) in [7, 11) is 1.48. The molecule has 0 bridgehead atoms. The van der Waals surface area contributed by atoms with Crippen LogP contribution in [0.15, 0.2) is 70.5 Å². The van der Waals surface area contributed by atoms with Crippen molar-refractivity contribution >= 4 is 17.7 Å². The van der Waals surface area contributed by atoms with Crippen molar-refractivity contribution in [2.75, 3.05) is 25.6 Å². The van der Waals surface area contributed by atoms with E-state index in [0.29, 0.717) is 6.67 Å². The number of rotatable bonds is 5. The van der Waals surface area contributed by atoms with Crippen LogP contribution in [0.2, 0.25) is 0 Å². The first-order valence-electron chi connectivity index (χ1n) is 11.3. The summed E-state index contributed by atoms with van der Waals surface area (Å²) in [6.45, 7) is 4.21. The zero-order valence-corrected chi connectivity index (χ0v) is 20.2. The molecule has 1 unspecified atom stereocenters. The molecule has 1 amide bonds. The molecule has 0 spiro atoms. The number of benzene rings is 2. The average molecular weight is 478 g/mol. The van der Waals surface area contributed by atoms with Gasteiger partial charge in [-0.2, -0.15) is 0 Å². The van der Waals surface area contributed by atoms with Gasteiger partial charge >= 0.3 is 0 Å². The number of fused-ring (bicyclic) bond motifs is 3. The normalized spacial score (nSPS) is 17.2. The van der Waals surface area contributed by atoms with Crippen LogP contribution in [0.25, 0.3) is 0 Å². The van der Waals surface area contributed by atoms with Crippen molar-refractivity contribution in [1.29, 1.82) is 0 Å². The van der Waals surface area contributed by atoms with Crippen molar-refractivity contribution in [2.45, 2.75) is 36.6 Å². The molecule has 1 aromatic heterocycles. The predicted molar refractivity (Wildman–Crippen MR) is 132 cm³/mol. The molecule has 34 heavy (non-hydrogen) atoms. The Morgan fingerprint density at radius 1 is 1.03 bits per heavy atom. The Hall–Kier alpha value is -3.23. The van der Waals surface area contributed by atoms with E-state index in [1.54, 1.807) is 15.8 Å². The van der Waals surface area contributed by atoms with Gasteiger partial charge in [-0.15, -0.1) is 11.8 Å². The van der Waals surface area contributed by atoms with Gasteiger partial charge in [-0.05, 0) is 36.6 Å². The average Bonchev–Trinajstić information content (AvgIpc) is 3.00. The predicted octanol–water partition coefficient (Wildman–Crippen LogP) is 3.99. The highest BCUT2D eigenvalue weighted by molar-refractivity contribution is 7.98. The van der Waals surface area contributed by atoms with Crippen LogP contribution in [-0.2, 0) is 10.5 Å². The third kappa shape index (κ3) is 3.76. The Bertz CT molecular complexity index is 1240. The Morgan fingerprint density at radius 3 is 2.53 bits per heavy atom. The minimum Gasteiger partial charge on any atom is -0.461 e. The molecule has 2 aromatic carbocycles. The quantitative estimate of drug-likeness (QED) is 0.518. The van der Waals surface area contributed by atoms with Crippen molar-refractivity contribution in [3.05, 3.63) is 93.4 Å². The molecule has 0 saturated carbocycles. The van der Waals surface area contributed by atoms with Crippen molar-refractivity contribution in [3.8, 4) is 5.75 Å². The van der Waals surface area contributed by atoms with Gasteiger partial charge < -0.3 is 14.4 Å². The molecule has 176 valence electrons. The van der Waals surface area contributed by atoms with E-state index < -0.39 is 0 Å². The number of nitrogens with zero attached hydrogens (tertiary/aromatic N) is 3. The van der Waals surface area contributed by atoms with Gasteiger partial charge in [0.2, 0.25) is 11.2 Å². The second kappa shape index (κ2) is 9.19. The van der Waals surface area contributed by atoms with Gasteiger partial charge in [-0.25, -0.2) is 0 Å². The van der Waals surface area contributed by atoms with Crippen molar-refractivity contribution < 1.29 is 14.3 Å². The van der Waals surface area contributed by atoms with Gasteiger partial charge in [0.05, 0.1) is 6.04 Å². The first-order valence-corrected chi connectivity index (χ1v) is 12.2. The Kier molecular flexibility index (Phi) is 6.10. The molecule has 2 aliphatic heterocycles. The van der Waals surface area contributed by atoms with E-state index in [-0.39, 0.29) is 41.7 Å². The first kappa shape index (κ1) is 22.6. The van der Waals surface area contributed by atoms with Crippen LogP contribution in [-0.4, -0.2) is 42.1 Å². The van der Waals surface area contributed by atoms with Crippen molar-refractivity contribution in [2.24, 2.45) is 0 Å². The van der Waals surface area contributed by atoms with E-state index in [1.807, 2.05) is 25.6 Å². The molecule has 0 N–H and O–H groups in total. The molecule has 5 rings (SSSR count). The summed E-state index contributed by atoms with van der Waals surface area (Å²) in [5, 5.41) is 2.15. The number of pyridine rings is 1. The van der Waals surface area contributed by atoms with E-state index >= 15 is 0 Å². The number of hydrogen-bond acceptors (Lipinski definition) is 6. The lowest BCUT2D eigenvalue weighted by molar-refractivity contribution is 0.0442. The lowest BCUT2D eigenvalue weighted by Crippen LogP contribution is -2.57. The summed E-state index contributed by atoms with van der Waals surface area (Å²) in [6.07, 6.45) is 1.68. The summed E-state index contributed by atoms with van der Waals surface area (Å²) in [6, 6.07) is 18.1. The minimum atomic E-state index is -0.348. The van der Waals surface area contributed by atoms with E-state index in [9.17, 15) is 9.59 Å². The van der Waals surface area contributed by atoms with Crippen molar-refractivity contribution in [1.82, 2.24) is 9.58 Å². The molecular weight excluding hydrogens is 450 g/mol. The number of amides is 1. The summed E-state index contributed by atoms with van der Waals surface area (Å²) in [4.78, 5) is 29.3. The van der Waals surface area contributed by atoms with E-state index in [1.165, 1.54) is 34.8 Å². The SMILES string of the molecule is COCOc1c2n(ccc1=O)N(C1c3ccccc3CSc3ccccc31)CN(C(C)C)C2=O. The van der Waals surface area contributed by atoms with Crippen LogP contribution in [0.4, 0.5) is 0 Å². The van der Waals surface area contributed by atoms with Crippen molar-refractivity contribution in [3.63, 3.8) is 0 Å². The fraction of sp³-hybridized carbons (Fsp3) is 0.308. The van der Waals surface area contributed by atoms with E-state index in [0.717, 1.165) is 5.75 Å². The van der Waals surface area contributed by atoms with E-state index in [2.05, 4.69) is 53.5 Å². The molecular formula is C26H27N3O4S. The van der Waals surface area contributed by atoms with Crippen LogP contribution in [0.1, 0.15) is 47.1 Å². The second-order valence-corrected chi connectivity index (χ2v) is 9.65. The van der Waals surface area contributed by atoms with Crippen LogP contribution >= 0.6 is 11.8 Å². The standard InChI is InChI=1S/C26H27N3O4S/c1-17(2)27-15-29(28-13-12-21(30)25(33-16-32-3)24(28)26(27)31)23-19-9-5-4-8-18(19)14-34-22-11-7-6-10-20(22)23/h4-13,17,23H,14-16H2,1-3H3. The third-order valence-corrected chi connectivity index (χ3v) is 7.40. The molecule has 0 saturated heterocycles. The minimum absolute atomic E-state index is 0.00858. The van der Waals surface area contributed by atoms with E-state index in [4.69, 9.17) is 9.47 Å². The molecule has 0 fully saturated rings. The highest BCUT2D eigenvalue weighted by Crippen LogP contribution is 2.42. The Balaban J connectivity index is 1.76. The van der Waals surface area contributed by atoms with Gasteiger partial charge in [0.25, 0.3) is 5.91 Å². The van der Waals surface area contributed by atoms with Crippen LogP contribution in [0.3, 0.4) is 0 Å². The molecule has 0 aliphatic carbocycles. The van der Waals surface area contributed by atoms with Crippen LogP contribution in [0.5, 0.6) is 5.75 Å². The topological polar surface area (TPSA) is 64.0 Å². The summed E-state index contributed by atoms with van der Waals surface area (Å²) >= 11 is 1.82. The number of methoxy groups -OCH3 is 1. The lowest BCUT2D eigenvalue weighted by atomic mass is 9.94. The second-order valence-electron chi connectivity index (χ2n) is 8.63. The molecule has 3 aromatic rings. The Labute approximate surface area is 202 Å². The number of aromatic nitrogens is 1. The molecule has 8 heteroatoms. The summed E-state index contributed by atoms with van der Waals surface area (Å²) in [5.74, 6) is 0.637. The number of ether oxygens (including phenoxy) is 2. The molecule has 3 heterocycles. The third-order valence-electron chi connectivity index (χ3n) is 6.26.